The first-order chi connectivity index (χ1) is 11.2. The number of ether oxygens (including phenoxy) is 1. The van der Waals surface area contributed by atoms with Crippen molar-refractivity contribution in [2.24, 2.45) is 0 Å². The minimum Gasteiger partial charge on any atom is -0.481 e. The van der Waals surface area contributed by atoms with Crippen molar-refractivity contribution in [1.29, 1.82) is 0 Å². The van der Waals surface area contributed by atoms with Crippen molar-refractivity contribution in [3.63, 3.8) is 0 Å². The molecule has 0 saturated carbocycles. The van der Waals surface area contributed by atoms with Crippen LogP contribution in [0.3, 0.4) is 0 Å². The molecule has 0 aliphatic carbocycles. The highest BCUT2D eigenvalue weighted by molar-refractivity contribution is 5.81. The van der Waals surface area contributed by atoms with Crippen molar-refractivity contribution in [3.05, 3.63) is 65.7 Å². The lowest BCUT2D eigenvalue weighted by atomic mass is 10.1. The summed E-state index contributed by atoms with van der Waals surface area (Å²) in [6.45, 7) is 4.72. The summed E-state index contributed by atoms with van der Waals surface area (Å²) in [7, 11) is 0. The van der Waals surface area contributed by atoms with Crippen LogP contribution in [0.2, 0.25) is 0 Å². The molecule has 1 unspecified atom stereocenters. The van der Waals surface area contributed by atoms with E-state index in [0.717, 1.165) is 18.6 Å². The van der Waals surface area contributed by atoms with Gasteiger partial charge >= 0.3 is 0 Å². The van der Waals surface area contributed by atoms with Crippen molar-refractivity contribution in [2.45, 2.75) is 39.2 Å². The molecule has 2 aromatic rings. The van der Waals surface area contributed by atoms with Gasteiger partial charge in [0, 0.05) is 6.54 Å². The topological polar surface area (TPSA) is 38.3 Å². The lowest BCUT2D eigenvalue weighted by Crippen LogP contribution is -2.38. The van der Waals surface area contributed by atoms with Gasteiger partial charge in [0.2, 0.25) is 0 Å². The summed E-state index contributed by atoms with van der Waals surface area (Å²) >= 11 is 0. The second kappa shape index (κ2) is 8.99. The number of carbonyl (C=O) groups is 1. The third-order valence-corrected chi connectivity index (χ3v) is 3.71. The Morgan fingerprint density at radius 2 is 1.91 bits per heavy atom. The van der Waals surface area contributed by atoms with E-state index >= 15 is 0 Å². The fraction of sp³-hybridized carbons (Fsp3) is 0.350. The molecule has 23 heavy (non-hydrogen) atoms. The van der Waals surface area contributed by atoms with Crippen LogP contribution in [0.1, 0.15) is 30.9 Å². The maximum absolute atomic E-state index is 12.2. The van der Waals surface area contributed by atoms with Crippen molar-refractivity contribution in [2.75, 3.05) is 6.54 Å². The summed E-state index contributed by atoms with van der Waals surface area (Å²) in [5, 5.41) is 2.97. The van der Waals surface area contributed by atoms with Crippen LogP contribution in [0, 0.1) is 6.92 Å². The molecule has 0 saturated heterocycles. The van der Waals surface area contributed by atoms with E-state index < -0.39 is 6.10 Å². The van der Waals surface area contributed by atoms with Crippen LogP contribution < -0.4 is 10.1 Å². The SMILES string of the molecule is CCC(Oc1ccccc1)C(=O)NCCCc1cccc(C)c1. The number of para-hydroxylation sites is 1. The summed E-state index contributed by atoms with van der Waals surface area (Å²) in [6, 6.07) is 18.0. The first-order valence-corrected chi connectivity index (χ1v) is 8.24. The molecule has 1 N–H and O–H groups in total. The molecule has 0 aliphatic heterocycles. The summed E-state index contributed by atoms with van der Waals surface area (Å²) in [6.07, 6.45) is 2.12. The van der Waals surface area contributed by atoms with Crippen LogP contribution in [0.25, 0.3) is 0 Å². The number of aryl methyl sites for hydroxylation is 2. The van der Waals surface area contributed by atoms with E-state index in [0.29, 0.717) is 13.0 Å². The maximum atomic E-state index is 12.2. The van der Waals surface area contributed by atoms with Gasteiger partial charge in [-0.3, -0.25) is 4.79 Å². The third-order valence-electron chi connectivity index (χ3n) is 3.71. The second-order valence-electron chi connectivity index (χ2n) is 5.71. The Morgan fingerprint density at radius 1 is 1.13 bits per heavy atom. The van der Waals surface area contributed by atoms with Crippen LogP contribution in [0.4, 0.5) is 0 Å². The molecule has 1 atom stereocenters. The Hall–Kier alpha value is -2.29. The molecule has 2 rings (SSSR count). The van der Waals surface area contributed by atoms with Gasteiger partial charge < -0.3 is 10.1 Å². The van der Waals surface area contributed by atoms with Gasteiger partial charge in [-0.25, -0.2) is 0 Å². The predicted molar refractivity (Wildman–Crippen MR) is 93.7 cm³/mol. The normalized spacial score (nSPS) is 11.7. The van der Waals surface area contributed by atoms with Gasteiger partial charge in [-0.2, -0.15) is 0 Å². The van der Waals surface area contributed by atoms with Gasteiger partial charge in [-0.15, -0.1) is 0 Å². The number of amides is 1. The minimum atomic E-state index is -0.434. The van der Waals surface area contributed by atoms with Gasteiger partial charge in [-0.05, 0) is 43.9 Å². The number of nitrogens with one attached hydrogen (secondary N) is 1. The van der Waals surface area contributed by atoms with Gasteiger partial charge in [0.25, 0.3) is 5.91 Å². The molecule has 0 fully saturated rings. The van der Waals surface area contributed by atoms with Crippen LogP contribution in [0.15, 0.2) is 54.6 Å². The summed E-state index contributed by atoms with van der Waals surface area (Å²) in [4.78, 5) is 12.2. The van der Waals surface area contributed by atoms with Crippen molar-refractivity contribution in [3.8, 4) is 5.75 Å². The average molecular weight is 311 g/mol. The Labute approximate surface area is 138 Å². The second-order valence-corrected chi connectivity index (χ2v) is 5.71. The standard InChI is InChI=1S/C20H25NO2/c1-3-19(23-18-12-5-4-6-13-18)20(22)21-14-8-11-17-10-7-9-16(2)15-17/h4-7,9-10,12-13,15,19H,3,8,11,14H2,1-2H3,(H,21,22). The van der Waals surface area contributed by atoms with E-state index in [4.69, 9.17) is 4.74 Å². The molecule has 122 valence electrons. The highest BCUT2D eigenvalue weighted by atomic mass is 16.5. The molecule has 1 amide bonds. The Kier molecular flexibility index (Phi) is 6.67. The average Bonchev–Trinajstić information content (AvgIpc) is 2.57. The lowest BCUT2D eigenvalue weighted by Gasteiger charge is -2.17. The minimum absolute atomic E-state index is 0.0411. The zero-order valence-corrected chi connectivity index (χ0v) is 13.9. The van der Waals surface area contributed by atoms with Gasteiger partial charge in [0.05, 0.1) is 0 Å². The van der Waals surface area contributed by atoms with Gasteiger partial charge in [0.15, 0.2) is 6.10 Å². The van der Waals surface area contributed by atoms with Crippen LogP contribution in [-0.2, 0) is 11.2 Å². The van der Waals surface area contributed by atoms with E-state index in [1.165, 1.54) is 11.1 Å². The number of carbonyl (C=O) groups excluding carboxylic acids is 1. The van der Waals surface area contributed by atoms with Gasteiger partial charge in [-0.1, -0.05) is 55.0 Å². The molecule has 0 aliphatic rings. The number of hydrogen-bond acceptors (Lipinski definition) is 2. The number of benzene rings is 2. The smallest absolute Gasteiger partial charge is 0.261 e. The van der Waals surface area contributed by atoms with E-state index in [1.807, 2.05) is 37.3 Å². The summed E-state index contributed by atoms with van der Waals surface area (Å²) in [5.74, 6) is 0.690. The van der Waals surface area contributed by atoms with Crippen LogP contribution in [0.5, 0.6) is 5.75 Å². The molecule has 3 nitrogen and oxygen atoms in total. The number of hydrogen-bond donors (Lipinski definition) is 1. The molecule has 0 radical (unpaired) electrons. The summed E-state index contributed by atoms with van der Waals surface area (Å²) in [5.41, 5.74) is 2.58. The monoisotopic (exact) mass is 311 g/mol. The fourth-order valence-electron chi connectivity index (χ4n) is 2.47. The molecule has 0 heterocycles. The Balaban J connectivity index is 1.74. The molecular formula is C20H25NO2. The first kappa shape index (κ1) is 17.1. The summed E-state index contributed by atoms with van der Waals surface area (Å²) < 4.78 is 5.74. The maximum Gasteiger partial charge on any atom is 0.261 e. The zero-order valence-electron chi connectivity index (χ0n) is 13.9. The van der Waals surface area contributed by atoms with Crippen molar-refractivity contribution < 1.29 is 9.53 Å². The zero-order chi connectivity index (χ0) is 16.5. The van der Waals surface area contributed by atoms with Crippen molar-refractivity contribution >= 4 is 5.91 Å². The molecule has 0 aromatic heterocycles. The van der Waals surface area contributed by atoms with E-state index in [2.05, 4.69) is 36.5 Å². The van der Waals surface area contributed by atoms with Crippen LogP contribution in [-0.4, -0.2) is 18.6 Å². The molecular weight excluding hydrogens is 286 g/mol. The lowest BCUT2D eigenvalue weighted by molar-refractivity contribution is -0.128. The van der Waals surface area contributed by atoms with E-state index in [1.54, 1.807) is 0 Å². The first-order valence-electron chi connectivity index (χ1n) is 8.24. The quantitative estimate of drug-likeness (QED) is 0.751. The highest BCUT2D eigenvalue weighted by Gasteiger charge is 2.17. The molecule has 2 aromatic carbocycles. The third kappa shape index (κ3) is 5.78. The van der Waals surface area contributed by atoms with E-state index in [9.17, 15) is 4.79 Å². The highest BCUT2D eigenvalue weighted by Crippen LogP contribution is 2.12. The molecule has 0 spiro atoms. The molecule has 3 heteroatoms. The molecule has 0 bridgehead atoms. The fourth-order valence-corrected chi connectivity index (χ4v) is 2.47. The van der Waals surface area contributed by atoms with Crippen LogP contribution >= 0.6 is 0 Å². The number of rotatable bonds is 8. The Morgan fingerprint density at radius 3 is 2.61 bits per heavy atom. The van der Waals surface area contributed by atoms with Gasteiger partial charge in [0.1, 0.15) is 5.75 Å². The Bertz CT molecular complexity index is 610. The largest absolute Gasteiger partial charge is 0.481 e. The van der Waals surface area contributed by atoms with E-state index in [-0.39, 0.29) is 5.91 Å². The predicted octanol–water partition coefficient (Wildman–Crippen LogP) is 3.90. The van der Waals surface area contributed by atoms with Crippen molar-refractivity contribution in [1.82, 2.24) is 5.32 Å².